The fourth-order valence-corrected chi connectivity index (χ4v) is 2.84. The maximum absolute atomic E-state index is 12.7. The Hall–Kier alpha value is -2.83. The highest BCUT2D eigenvalue weighted by atomic mass is 19.4. The first-order valence-corrected chi connectivity index (χ1v) is 8.21. The molecule has 0 spiro atoms. The predicted molar refractivity (Wildman–Crippen MR) is 90.4 cm³/mol. The van der Waals surface area contributed by atoms with E-state index in [1.54, 1.807) is 24.3 Å². The third-order valence-corrected chi connectivity index (χ3v) is 4.26. The van der Waals surface area contributed by atoms with Crippen LogP contribution in [-0.2, 0) is 11.0 Å². The van der Waals surface area contributed by atoms with Gasteiger partial charge in [-0.1, -0.05) is 24.3 Å². The van der Waals surface area contributed by atoms with Gasteiger partial charge >= 0.3 is 6.18 Å². The molecule has 2 aromatic carbocycles. The Bertz CT molecular complexity index is 816. The van der Waals surface area contributed by atoms with Crippen LogP contribution in [0, 0.1) is 0 Å². The molecule has 136 valence electrons. The maximum atomic E-state index is 12.7. The number of piperidine rings is 1. The number of alkyl halides is 3. The number of amides is 2. The summed E-state index contributed by atoms with van der Waals surface area (Å²) in [5, 5.41) is 5.39. The molecule has 0 saturated carbocycles. The summed E-state index contributed by atoms with van der Waals surface area (Å²) in [6.07, 6.45) is -3.01. The molecular weight excluding hydrogens is 345 g/mol. The third kappa shape index (κ3) is 4.04. The van der Waals surface area contributed by atoms with E-state index in [4.69, 9.17) is 0 Å². The van der Waals surface area contributed by atoms with Crippen molar-refractivity contribution < 1.29 is 22.8 Å². The lowest BCUT2D eigenvalue weighted by Gasteiger charge is -2.22. The van der Waals surface area contributed by atoms with Gasteiger partial charge < -0.3 is 10.6 Å². The molecule has 0 aliphatic carbocycles. The first-order chi connectivity index (χ1) is 12.3. The molecule has 1 aliphatic rings. The van der Waals surface area contributed by atoms with Crippen LogP contribution in [0.2, 0.25) is 0 Å². The number of nitrogens with one attached hydrogen (secondary N) is 2. The Labute approximate surface area is 148 Å². The average Bonchev–Trinajstić information content (AvgIpc) is 2.63. The molecule has 3 rings (SSSR count). The van der Waals surface area contributed by atoms with Crippen LogP contribution >= 0.6 is 0 Å². The molecule has 1 aliphatic heterocycles. The zero-order valence-corrected chi connectivity index (χ0v) is 13.8. The van der Waals surface area contributed by atoms with Gasteiger partial charge in [0.2, 0.25) is 5.91 Å². The van der Waals surface area contributed by atoms with E-state index in [1.807, 2.05) is 0 Å². The van der Waals surface area contributed by atoms with Gasteiger partial charge in [-0.25, -0.2) is 0 Å². The normalized spacial score (nSPS) is 17.5. The van der Waals surface area contributed by atoms with E-state index in [0.717, 1.165) is 18.6 Å². The van der Waals surface area contributed by atoms with Crippen molar-refractivity contribution in [2.75, 3.05) is 6.54 Å². The molecule has 1 saturated heterocycles. The third-order valence-electron chi connectivity index (χ3n) is 4.26. The van der Waals surface area contributed by atoms with Crippen LogP contribution in [0.5, 0.6) is 0 Å². The van der Waals surface area contributed by atoms with Crippen molar-refractivity contribution in [2.24, 2.45) is 0 Å². The lowest BCUT2D eigenvalue weighted by Crippen LogP contribution is -2.50. The monoisotopic (exact) mass is 362 g/mol. The highest BCUT2D eigenvalue weighted by molar-refractivity contribution is 5.98. The summed E-state index contributed by atoms with van der Waals surface area (Å²) in [4.78, 5) is 24.1. The summed E-state index contributed by atoms with van der Waals surface area (Å²) in [5.74, 6) is -0.593. The van der Waals surface area contributed by atoms with Crippen molar-refractivity contribution in [3.05, 3.63) is 59.7 Å². The number of hydrogen-bond acceptors (Lipinski definition) is 2. The zero-order valence-electron chi connectivity index (χ0n) is 13.8. The van der Waals surface area contributed by atoms with Crippen LogP contribution in [0.15, 0.2) is 48.5 Å². The van der Waals surface area contributed by atoms with Crippen LogP contribution < -0.4 is 10.6 Å². The standard InChI is InChI=1S/C19H17F3N2O2/c20-19(21,22)15-8-6-12(7-9-15)13-3-1-4-14(11-13)17(25)24-16-5-2-10-23-18(16)26/h1,3-4,6-9,11,16H,2,5,10H2,(H,23,26)(H,24,25). The average molecular weight is 362 g/mol. The number of carbonyl (C=O) groups is 2. The summed E-state index contributed by atoms with van der Waals surface area (Å²) in [5.41, 5.74) is 0.821. The zero-order chi connectivity index (χ0) is 18.7. The molecule has 26 heavy (non-hydrogen) atoms. The molecule has 1 heterocycles. The van der Waals surface area contributed by atoms with Crippen LogP contribution in [0.1, 0.15) is 28.8 Å². The van der Waals surface area contributed by atoms with Gasteiger partial charge in [0.1, 0.15) is 6.04 Å². The highest BCUT2D eigenvalue weighted by Gasteiger charge is 2.30. The molecule has 0 radical (unpaired) electrons. The summed E-state index contributed by atoms with van der Waals surface area (Å²) >= 11 is 0. The van der Waals surface area contributed by atoms with Gasteiger partial charge in [0.25, 0.3) is 5.91 Å². The molecule has 1 fully saturated rings. The SMILES string of the molecule is O=C(NC1CCCNC1=O)c1cccc(-c2ccc(C(F)(F)F)cc2)c1. The minimum atomic E-state index is -4.39. The molecule has 7 heteroatoms. The van der Waals surface area contributed by atoms with E-state index in [2.05, 4.69) is 10.6 Å². The molecule has 4 nitrogen and oxygen atoms in total. The Kier molecular flexibility index (Phi) is 4.97. The van der Waals surface area contributed by atoms with Crippen molar-refractivity contribution in [3.8, 4) is 11.1 Å². The van der Waals surface area contributed by atoms with E-state index < -0.39 is 17.8 Å². The first kappa shape index (κ1) is 18.0. The molecule has 2 aromatic rings. The molecule has 0 bridgehead atoms. The van der Waals surface area contributed by atoms with Gasteiger partial charge in [0.05, 0.1) is 5.56 Å². The van der Waals surface area contributed by atoms with E-state index in [9.17, 15) is 22.8 Å². The van der Waals surface area contributed by atoms with E-state index >= 15 is 0 Å². The predicted octanol–water partition coefficient (Wildman–Crippen LogP) is 3.38. The van der Waals surface area contributed by atoms with Gasteiger partial charge in [0.15, 0.2) is 0 Å². The van der Waals surface area contributed by atoms with Gasteiger partial charge in [0, 0.05) is 12.1 Å². The van der Waals surface area contributed by atoms with E-state index in [-0.39, 0.29) is 11.8 Å². The van der Waals surface area contributed by atoms with E-state index in [0.29, 0.717) is 29.7 Å². The number of hydrogen-bond donors (Lipinski definition) is 2. The molecule has 0 aromatic heterocycles. The summed E-state index contributed by atoms with van der Waals surface area (Å²) in [6.45, 7) is 0.606. The molecule has 2 amide bonds. The lowest BCUT2D eigenvalue weighted by atomic mass is 10.0. The van der Waals surface area contributed by atoms with Crippen LogP contribution in [0.4, 0.5) is 13.2 Å². The van der Waals surface area contributed by atoms with Crippen molar-refractivity contribution in [1.29, 1.82) is 0 Å². The van der Waals surface area contributed by atoms with Crippen LogP contribution in [0.25, 0.3) is 11.1 Å². The second-order valence-electron chi connectivity index (χ2n) is 6.12. The number of carbonyl (C=O) groups excluding carboxylic acids is 2. The van der Waals surface area contributed by atoms with Gasteiger partial charge in [-0.15, -0.1) is 0 Å². The van der Waals surface area contributed by atoms with Crippen LogP contribution in [-0.4, -0.2) is 24.4 Å². The van der Waals surface area contributed by atoms with Crippen molar-refractivity contribution in [1.82, 2.24) is 10.6 Å². The molecular formula is C19H17F3N2O2. The fourth-order valence-electron chi connectivity index (χ4n) is 2.84. The first-order valence-electron chi connectivity index (χ1n) is 8.21. The summed E-state index contributed by atoms with van der Waals surface area (Å²) in [7, 11) is 0. The second kappa shape index (κ2) is 7.19. The van der Waals surface area contributed by atoms with Crippen molar-refractivity contribution in [3.63, 3.8) is 0 Å². The number of halogens is 3. The highest BCUT2D eigenvalue weighted by Crippen LogP contribution is 2.31. The molecule has 1 unspecified atom stereocenters. The minimum absolute atomic E-state index is 0.205. The fraction of sp³-hybridized carbons (Fsp3) is 0.263. The van der Waals surface area contributed by atoms with Gasteiger partial charge in [-0.3, -0.25) is 9.59 Å². The topological polar surface area (TPSA) is 58.2 Å². The number of benzene rings is 2. The molecule has 1 atom stereocenters. The Morgan fingerprint density at radius 2 is 1.81 bits per heavy atom. The second-order valence-corrected chi connectivity index (χ2v) is 6.12. The smallest absolute Gasteiger partial charge is 0.354 e. The molecule has 2 N–H and O–H groups in total. The van der Waals surface area contributed by atoms with Crippen molar-refractivity contribution in [2.45, 2.75) is 25.1 Å². The van der Waals surface area contributed by atoms with Crippen molar-refractivity contribution >= 4 is 11.8 Å². The van der Waals surface area contributed by atoms with E-state index in [1.165, 1.54) is 12.1 Å². The van der Waals surface area contributed by atoms with Gasteiger partial charge in [-0.2, -0.15) is 13.2 Å². The van der Waals surface area contributed by atoms with Crippen LogP contribution in [0.3, 0.4) is 0 Å². The Morgan fingerprint density at radius 3 is 2.46 bits per heavy atom. The quantitative estimate of drug-likeness (QED) is 0.880. The number of rotatable bonds is 3. The maximum Gasteiger partial charge on any atom is 0.416 e. The minimum Gasteiger partial charge on any atom is -0.354 e. The van der Waals surface area contributed by atoms with Gasteiger partial charge in [-0.05, 0) is 48.2 Å². The Balaban J connectivity index is 1.77. The lowest BCUT2D eigenvalue weighted by molar-refractivity contribution is -0.137. The Morgan fingerprint density at radius 1 is 1.08 bits per heavy atom. The summed E-state index contributed by atoms with van der Waals surface area (Å²) in [6, 6.07) is 10.8. The largest absolute Gasteiger partial charge is 0.416 e. The summed E-state index contributed by atoms with van der Waals surface area (Å²) < 4.78 is 38.0.